The minimum Gasteiger partial charge on any atom is -0.488 e. The van der Waals surface area contributed by atoms with Crippen LogP contribution in [0.25, 0.3) is 0 Å². The number of halogens is 1. The summed E-state index contributed by atoms with van der Waals surface area (Å²) in [4.78, 5) is 0. The van der Waals surface area contributed by atoms with Gasteiger partial charge in [0.05, 0.1) is 6.61 Å². The molecule has 1 N–H and O–H groups in total. The number of hydrogen-bond acceptors (Lipinski definition) is 3. The largest absolute Gasteiger partial charge is 0.488 e. The fourth-order valence-electron chi connectivity index (χ4n) is 1.48. The van der Waals surface area contributed by atoms with Crippen molar-refractivity contribution in [2.45, 2.75) is 19.9 Å². The average molecular weight is 241 g/mol. The molecule has 0 saturated carbocycles. The van der Waals surface area contributed by atoms with E-state index in [0.717, 1.165) is 18.5 Å². The Bertz CT molecular complexity index is 331. The molecule has 0 spiro atoms. The van der Waals surface area contributed by atoms with Crippen LogP contribution in [0.5, 0.6) is 5.75 Å². The summed E-state index contributed by atoms with van der Waals surface area (Å²) in [6.45, 7) is 4.44. The van der Waals surface area contributed by atoms with Gasteiger partial charge in [0.2, 0.25) is 0 Å². The Balaban J connectivity index is 2.63. The second kappa shape index (κ2) is 8.03. The van der Waals surface area contributed by atoms with Crippen LogP contribution in [0.15, 0.2) is 18.2 Å². The van der Waals surface area contributed by atoms with Crippen LogP contribution in [0.4, 0.5) is 4.39 Å². The smallest absolute Gasteiger partial charge is 0.165 e. The topological polar surface area (TPSA) is 30.5 Å². The molecule has 0 amide bonds. The van der Waals surface area contributed by atoms with Gasteiger partial charge in [-0.05, 0) is 19.0 Å². The maximum atomic E-state index is 13.6. The molecule has 0 aliphatic rings. The Labute approximate surface area is 102 Å². The second-order valence-corrected chi connectivity index (χ2v) is 3.75. The summed E-state index contributed by atoms with van der Waals surface area (Å²) in [7, 11) is 1.59. The second-order valence-electron chi connectivity index (χ2n) is 3.75. The van der Waals surface area contributed by atoms with Crippen molar-refractivity contribution in [1.82, 2.24) is 5.32 Å². The molecule has 0 heterocycles. The van der Waals surface area contributed by atoms with Crippen molar-refractivity contribution in [2.24, 2.45) is 0 Å². The molecular formula is C13H20FNO2. The van der Waals surface area contributed by atoms with Gasteiger partial charge in [0.15, 0.2) is 11.6 Å². The highest BCUT2D eigenvalue weighted by Crippen LogP contribution is 2.22. The summed E-state index contributed by atoms with van der Waals surface area (Å²) in [5.74, 6) is 0.00468. The fraction of sp³-hybridized carbons (Fsp3) is 0.538. The van der Waals surface area contributed by atoms with E-state index in [1.54, 1.807) is 13.2 Å². The van der Waals surface area contributed by atoms with Gasteiger partial charge in [-0.3, -0.25) is 0 Å². The average Bonchev–Trinajstić information content (AvgIpc) is 2.33. The number of benzene rings is 1. The van der Waals surface area contributed by atoms with E-state index < -0.39 is 0 Å². The number of para-hydroxylation sites is 1. The molecule has 17 heavy (non-hydrogen) atoms. The van der Waals surface area contributed by atoms with Crippen LogP contribution in [0, 0.1) is 5.82 Å². The van der Waals surface area contributed by atoms with Crippen LogP contribution in [-0.4, -0.2) is 26.9 Å². The molecule has 1 rings (SSSR count). The Kier molecular flexibility index (Phi) is 6.58. The SMILES string of the molecule is CCCNCc1cccc(F)c1OCCOC. The highest BCUT2D eigenvalue weighted by atomic mass is 19.1. The molecular weight excluding hydrogens is 221 g/mol. The van der Waals surface area contributed by atoms with Crippen LogP contribution in [0.3, 0.4) is 0 Å². The van der Waals surface area contributed by atoms with Crippen molar-refractivity contribution < 1.29 is 13.9 Å². The monoisotopic (exact) mass is 241 g/mol. The van der Waals surface area contributed by atoms with Crippen molar-refractivity contribution in [3.63, 3.8) is 0 Å². The summed E-state index contributed by atoms with van der Waals surface area (Å²) in [6.07, 6.45) is 1.05. The fourth-order valence-corrected chi connectivity index (χ4v) is 1.48. The molecule has 3 nitrogen and oxygen atoms in total. The van der Waals surface area contributed by atoms with Gasteiger partial charge in [-0.15, -0.1) is 0 Å². The molecule has 0 unspecified atom stereocenters. The Morgan fingerprint density at radius 3 is 2.82 bits per heavy atom. The van der Waals surface area contributed by atoms with Gasteiger partial charge in [-0.25, -0.2) is 4.39 Å². The quantitative estimate of drug-likeness (QED) is 0.709. The van der Waals surface area contributed by atoms with Crippen LogP contribution in [0.2, 0.25) is 0 Å². The van der Waals surface area contributed by atoms with Crippen LogP contribution in [0.1, 0.15) is 18.9 Å². The molecule has 1 aromatic carbocycles. The zero-order chi connectivity index (χ0) is 12.5. The third-order valence-electron chi connectivity index (χ3n) is 2.32. The zero-order valence-electron chi connectivity index (χ0n) is 10.5. The van der Waals surface area contributed by atoms with Crippen molar-refractivity contribution in [3.8, 4) is 5.75 Å². The minimum absolute atomic E-state index is 0.322. The standard InChI is InChI=1S/C13H20FNO2/c1-3-7-15-10-11-5-4-6-12(14)13(11)17-9-8-16-2/h4-6,15H,3,7-10H2,1-2H3. The predicted molar refractivity (Wildman–Crippen MR) is 65.8 cm³/mol. The Morgan fingerprint density at radius 1 is 1.29 bits per heavy atom. The molecule has 0 fully saturated rings. The molecule has 1 aromatic rings. The first kappa shape index (κ1) is 13.9. The normalized spacial score (nSPS) is 10.5. The first-order chi connectivity index (χ1) is 8.29. The molecule has 0 radical (unpaired) electrons. The van der Waals surface area contributed by atoms with Crippen molar-refractivity contribution in [1.29, 1.82) is 0 Å². The molecule has 96 valence electrons. The van der Waals surface area contributed by atoms with Gasteiger partial charge in [0.1, 0.15) is 6.61 Å². The Morgan fingerprint density at radius 2 is 2.12 bits per heavy atom. The van der Waals surface area contributed by atoms with E-state index in [-0.39, 0.29) is 5.82 Å². The number of methoxy groups -OCH3 is 1. The van der Waals surface area contributed by atoms with Gasteiger partial charge in [-0.1, -0.05) is 19.1 Å². The molecule has 0 aliphatic heterocycles. The lowest BCUT2D eigenvalue weighted by Crippen LogP contribution is -2.16. The van der Waals surface area contributed by atoms with Gasteiger partial charge in [0.25, 0.3) is 0 Å². The first-order valence-corrected chi connectivity index (χ1v) is 5.89. The van der Waals surface area contributed by atoms with Crippen LogP contribution >= 0.6 is 0 Å². The summed E-state index contributed by atoms with van der Waals surface area (Å²) in [6, 6.07) is 4.97. The van der Waals surface area contributed by atoms with Gasteiger partial charge < -0.3 is 14.8 Å². The molecule has 0 atom stereocenters. The first-order valence-electron chi connectivity index (χ1n) is 5.89. The van der Waals surface area contributed by atoms with E-state index in [1.807, 2.05) is 6.07 Å². The van der Waals surface area contributed by atoms with E-state index in [1.165, 1.54) is 6.07 Å². The maximum absolute atomic E-state index is 13.6. The molecule has 0 saturated heterocycles. The van der Waals surface area contributed by atoms with Crippen LogP contribution in [-0.2, 0) is 11.3 Å². The summed E-state index contributed by atoms with van der Waals surface area (Å²) >= 11 is 0. The third-order valence-corrected chi connectivity index (χ3v) is 2.32. The van der Waals surface area contributed by atoms with Gasteiger partial charge >= 0.3 is 0 Å². The highest BCUT2D eigenvalue weighted by molar-refractivity contribution is 5.34. The van der Waals surface area contributed by atoms with E-state index >= 15 is 0 Å². The third kappa shape index (κ3) is 4.71. The lowest BCUT2D eigenvalue weighted by molar-refractivity contribution is 0.143. The van der Waals surface area contributed by atoms with E-state index in [9.17, 15) is 4.39 Å². The van der Waals surface area contributed by atoms with E-state index in [4.69, 9.17) is 9.47 Å². The lowest BCUT2D eigenvalue weighted by Gasteiger charge is -2.12. The van der Waals surface area contributed by atoms with Crippen LogP contribution < -0.4 is 10.1 Å². The predicted octanol–water partition coefficient (Wildman–Crippen LogP) is 2.35. The summed E-state index contributed by atoms with van der Waals surface area (Å²) in [5.41, 5.74) is 0.842. The molecule has 0 bridgehead atoms. The number of nitrogens with one attached hydrogen (secondary N) is 1. The number of rotatable bonds is 8. The molecule has 4 heteroatoms. The van der Waals surface area contributed by atoms with E-state index in [2.05, 4.69) is 12.2 Å². The minimum atomic E-state index is -0.322. The molecule has 0 aromatic heterocycles. The summed E-state index contributed by atoms with van der Waals surface area (Å²) in [5, 5.41) is 3.23. The Hall–Kier alpha value is -1.13. The zero-order valence-corrected chi connectivity index (χ0v) is 10.5. The van der Waals surface area contributed by atoms with Crippen molar-refractivity contribution >= 4 is 0 Å². The van der Waals surface area contributed by atoms with Crippen molar-refractivity contribution in [2.75, 3.05) is 26.9 Å². The van der Waals surface area contributed by atoms with Crippen molar-refractivity contribution in [3.05, 3.63) is 29.6 Å². The van der Waals surface area contributed by atoms with Gasteiger partial charge in [0, 0.05) is 19.2 Å². The maximum Gasteiger partial charge on any atom is 0.165 e. The number of ether oxygens (including phenoxy) is 2. The highest BCUT2D eigenvalue weighted by Gasteiger charge is 2.09. The molecule has 0 aliphatic carbocycles. The van der Waals surface area contributed by atoms with Gasteiger partial charge in [-0.2, -0.15) is 0 Å². The summed E-state index contributed by atoms with van der Waals surface area (Å²) < 4.78 is 23.9. The van der Waals surface area contributed by atoms with E-state index in [0.29, 0.717) is 25.5 Å². The number of hydrogen-bond donors (Lipinski definition) is 1. The lowest BCUT2D eigenvalue weighted by atomic mass is 10.2.